The number of hydrogen-bond donors (Lipinski definition) is 1. The maximum absolute atomic E-state index is 11.9. The van der Waals surface area contributed by atoms with Crippen molar-refractivity contribution in [2.45, 2.75) is 38.3 Å². The lowest BCUT2D eigenvalue weighted by Gasteiger charge is -2.21. The minimum Gasteiger partial charge on any atom is -0.298 e. The van der Waals surface area contributed by atoms with E-state index >= 15 is 0 Å². The number of hydrogen-bond acceptors (Lipinski definition) is 3. The van der Waals surface area contributed by atoms with Gasteiger partial charge in [0.15, 0.2) is 0 Å². The van der Waals surface area contributed by atoms with E-state index in [0.29, 0.717) is 0 Å². The summed E-state index contributed by atoms with van der Waals surface area (Å²) >= 11 is 0. The number of nitrogens with one attached hydrogen (secondary N) is 1. The summed E-state index contributed by atoms with van der Waals surface area (Å²) in [6, 6.07) is 9.82. The predicted molar refractivity (Wildman–Crippen MR) is 73.4 cm³/mol. The van der Waals surface area contributed by atoms with Gasteiger partial charge >= 0.3 is 0 Å². The van der Waals surface area contributed by atoms with E-state index < -0.39 is 0 Å². The highest BCUT2D eigenvalue weighted by Gasteiger charge is 2.36. The monoisotopic (exact) mass is 260 g/mol. The van der Waals surface area contributed by atoms with E-state index in [1.807, 2.05) is 18.2 Å². The summed E-state index contributed by atoms with van der Waals surface area (Å²) in [7, 11) is 1.55. The first-order valence-corrected chi connectivity index (χ1v) is 6.75. The van der Waals surface area contributed by atoms with Crippen molar-refractivity contribution in [3.8, 4) is 0 Å². The largest absolute Gasteiger partial charge is 0.298 e. The Morgan fingerprint density at radius 3 is 2.53 bits per heavy atom. The molecule has 1 N–H and O–H groups in total. The molecule has 2 amide bonds. The summed E-state index contributed by atoms with van der Waals surface area (Å²) in [6.07, 6.45) is 2.24. The molecule has 1 aliphatic rings. The summed E-state index contributed by atoms with van der Waals surface area (Å²) in [5, 5.41) is 3.33. The average Bonchev–Trinajstić information content (AvgIpc) is 2.67. The molecular formula is C15H20N2O2. The van der Waals surface area contributed by atoms with Gasteiger partial charge in [-0.3, -0.25) is 19.8 Å². The minimum absolute atomic E-state index is 0.106. The second-order valence-electron chi connectivity index (χ2n) is 4.97. The van der Waals surface area contributed by atoms with Gasteiger partial charge in [0.1, 0.15) is 0 Å². The van der Waals surface area contributed by atoms with Crippen LogP contribution >= 0.6 is 0 Å². The van der Waals surface area contributed by atoms with E-state index in [2.05, 4.69) is 24.4 Å². The summed E-state index contributed by atoms with van der Waals surface area (Å²) in [6.45, 7) is 2.12. The molecule has 4 heteroatoms. The van der Waals surface area contributed by atoms with E-state index in [9.17, 15) is 9.59 Å². The van der Waals surface area contributed by atoms with Gasteiger partial charge in [-0.15, -0.1) is 0 Å². The van der Waals surface area contributed by atoms with E-state index in [0.717, 1.165) is 12.8 Å². The van der Waals surface area contributed by atoms with Gasteiger partial charge in [-0.25, -0.2) is 0 Å². The molecular weight excluding hydrogens is 240 g/mol. The zero-order valence-corrected chi connectivity index (χ0v) is 11.4. The smallest absolute Gasteiger partial charge is 0.246 e. The number of amides is 2. The molecule has 1 saturated heterocycles. The van der Waals surface area contributed by atoms with Gasteiger partial charge in [0, 0.05) is 13.1 Å². The minimum atomic E-state index is -0.380. The third kappa shape index (κ3) is 3.01. The van der Waals surface area contributed by atoms with Crippen LogP contribution in [0.3, 0.4) is 0 Å². The van der Waals surface area contributed by atoms with Gasteiger partial charge in [0.25, 0.3) is 0 Å². The van der Waals surface area contributed by atoms with E-state index in [4.69, 9.17) is 0 Å². The fraction of sp³-hybridized carbons (Fsp3) is 0.467. The lowest BCUT2D eigenvalue weighted by atomic mass is 10.0. The van der Waals surface area contributed by atoms with Crippen LogP contribution in [0.1, 0.15) is 37.8 Å². The first-order chi connectivity index (χ1) is 9.13. The Morgan fingerprint density at radius 2 is 2.00 bits per heavy atom. The maximum atomic E-state index is 11.9. The SMILES string of the molecule is CCCC(NC1CC(=O)N(C)C1=O)c1ccccc1. The summed E-state index contributed by atoms with van der Waals surface area (Å²) < 4.78 is 0. The average molecular weight is 260 g/mol. The molecule has 0 radical (unpaired) electrons. The third-order valence-corrected chi connectivity index (χ3v) is 3.56. The van der Waals surface area contributed by atoms with Crippen LogP contribution in [0.4, 0.5) is 0 Å². The van der Waals surface area contributed by atoms with Crippen LogP contribution < -0.4 is 5.32 Å². The van der Waals surface area contributed by atoms with Crippen molar-refractivity contribution in [3.63, 3.8) is 0 Å². The number of nitrogens with zero attached hydrogens (tertiary/aromatic N) is 1. The van der Waals surface area contributed by atoms with Gasteiger partial charge in [-0.05, 0) is 12.0 Å². The molecule has 0 spiro atoms. The van der Waals surface area contributed by atoms with Crippen molar-refractivity contribution < 1.29 is 9.59 Å². The molecule has 2 atom stereocenters. The van der Waals surface area contributed by atoms with Crippen LogP contribution in [0.15, 0.2) is 30.3 Å². The van der Waals surface area contributed by atoms with Gasteiger partial charge < -0.3 is 0 Å². The van der Waals surface area contributed by atoms with Crippen molar-refractivity contribution >= 4 is 11.8 Å². The van der Waals surface area contributed by atoms with Gasteiger partial charge in [0.05, 0.1) is 12.5 Å². The Bertz CT molecular complexity index is 458. The highest BCUT2D eigenvalue weighted by molar-refractivity contribution is 6.05. The van der Waals surface area contributed by atoms with Crippen LogP contribution in [-0.4, -0.2) is 29.8 Å². The Labute approximate surface area is 113 Å². The van der Waals surface area contributed by atoms with Crippen LogP contribution in [0.25, 0.3) is 0 Å². The molecule has 102 valence electrons. The fourth-order valence-electron chi connectivity index (χ4n) is 2.45. The molecule has 2 unspecified atom stereocenters. The van der Waals surface area contributed by atoms with Crippen molar-refractivity contribution in [3.05, 3.63) is 35.9 Å². The first kappa shape index (κ1) is 13.7. The van der Waals surface area contributed by atoms with E-state index in [-0.39, 0.29) is 30.3 Å². The molecule has 0 aromatic heterocycles. The molecule has 1 heterocycles. The van der Waals surface area contributed by atoms with Crippen molar-refractivity contribution in [1.82, 2.24) is 10.2 Å². The predicted octanol–water partition coefficient (Wildman–Crippen LogP) is 1.87. The van der Waals surface area contributed by atoms with Gasteiger partial charge in [-0.2, -0.15) is 0 Å². The molecule has 1 aliphatic heterocycles. The quantitative estimate of drug-likeness (QED) is 0.822. The second-order valence-corrected chi connectivity index (χ2v) is 4.97. The molecule has 1 aromatic carbocycles. The Kier molecular flexibility index (Phi) is 4.32. The zero-order valence-electron chi connectivity index (χ0n) is 11.4. The highest BCUT2D eigenvalue weighted by Crippen LogP contribution is 2.21. The topological polar surface area (TPSA) is 49.4 Å². The summed E-state index contributed by atoms with van der Waals surface area (Å²) in [5.74, 6) is -0.229. The molecule has 0 bridgehead atoms. The number of benzene rings is 1. The van der Waals surface area contributed by atoms with Crippen LogP contribution in [0.2, 0.25) is 0 Å². The van der Waals surface area contributed by atoms with Crippen LogP contribution in [-0.2, 0) is 9.59 Å². The molecule has 1 aromatic rings. The van der Waals surface area contributed by atoms with E-state index in [1.165, 1.54) is 10.5 Å². The first-order valence-electron chi connectivity index (χ1n) is 6.75. The number of rotatable bonds is 5. The van der Waals surface area contributed by atoms with Crippen LogP contribution in [0, 0.1) is 0 Å². The lowest BCUT2D eigenvalue weighted by Crippen LogP contribution is -2.39. The van der Waals surface area contributed by atoms with Crippen molar-refractivity contribution in [2.24, 2.45) is 0 Å². The summed E-state index contributed by atoms with van der Waals surface area (Å²) in [5.41, 5.74) is 1.17. The Hall–Kier alpha value is -1.68. The highest BCUT2D eigenvalue weighted by atomic mass is 16.2. The van der Waals surface area contributed by atoms with Gasteiger partial charge in [0.2, 0.25) is 11.8 Å². The number of imide groups is 1. The number of carbonyl (C=O) groups is 2. The lowest BCUT2D eigenvalue weighted by molar-refractivity contribution is -0.137. The Balaban J connectivity index is 2.10. The van der Waals surface area contributed by atoms with E-state index in [1.54, 1.807) is 7.05 Å². The Morgan fingerprint density at radius 1 is 1.32 bits per heavy atom. The number of carbonyl (C=O) groups excluding carboxylic acids is 2. The van der Waals surface area contributed by atoms with Crippen molar-refractivity contribution in [1.29, 1.82) is 0 Å². The number of likely N-dealkylation sites (N-methyl/N-ethyl adjacent to an activating group) is 1. The molecule has 0 saturated carbocycles. The summed E-state index contributed by atoms with van der Waals surface area (Å²) in [4.78, 5) is 24.7. The van der Waals surface area contributed by atoms with Crippen LogP contribution in [0.5, 0.6) is 0 Å². The third-order valence-electron chi connectivity index (χ3n) is 3.56. The number of likely N-dealkylation sites (tertiary alicyclic amines) is 1. The van der Waals surface area contributed by atoms with Gasteiger partial charge in [-0.1, -0.05) is 43.7 Å². The normalized spacial score (nSPS) is 20.9. The standard InChI is InChI=1S/C15H20N2O2/c1-3-7-12(11-8-5-4-6-9-11)16-13-10-14(18)17(2)15(13)19/h4-6,8-9,12-13,16H,3,7,10H2,1-2H3. The molecule has 19 heavy (non-hydrogen) atoms. The molecule has 0 aliphatic carbocycles. The van der Waals surface area contributed by atoms with Crippen molar-refractivity contribution in [2.75, 3.05) is 7.05 Å². The fourth-order valence-corrected chi connectivity index (χ4v) is 2.45. The molecule has 4 nitrogen and oxygen atoms in total. The second kappa shape index (κ2) is 5.97. The zero-order chi connectivity index (χ0) is 13.8. The maximum Gasteiger partial charge on any atom is 0.246 e. The molecule has 2 rings (SSSR count). The molecule has 1 fully saturated rings.